The van der Waals surface area contributed by atoms with Gasteiger partial charge in [0.15, 0.2) is 0 Å². The SMILES string of the molecule is Cl.Cl.Clc1ccc(N2CCN(Cc3ccccc3)CC2Cc2ccccc2)cc1. The molecule has 1 unspecified atom stereocenters. The minimum absolute atomic E-state index is 0. The fraction of sp³-hybridized carbons (Fsp3) is 0.250. The molecule has 2 nitrogen and oxygen atoms in total. The third-order valence-electron chi connectivity index (χ3n) is 5.29. The number of hydrogen-bond acceptors (Lipinski definition) is 2. The van der Waals surface area contributed by atoms with Crippen molar-refractivity contribution in [2.45, 2.75) is 19.0 Å². The Labute approximate surface area is 191 Å². The number of piperazine rings is 1. The Hall–Kier alpha value is -1.71. The molecular formula is C24H27Cl3N2. The van der Waals surface area contributed by atoms with Crippen molar-refractivity contribution < 1.29 is 0 Å². The number of rotatable bonds is 5. The van der Waals surface area contributed by atoms with Gasteiger partial charge in [0.1, 0.15) is 0 Å². The normalized spacial score (nSPS) is 16.6. The van der Waals surface area contributed by atoms with Gasteiger partial charge in [0.2, 0.25) is 0 Å². The van der Waals surface area contributed by atoms with Crippen molar-refractivity contribution in [2.75, 3.05) is 24.5 Å². The van der Waals surface area contributed by atoms with E-state index >= 15 is 0 Å². The van der Waals surface area contributed by atoms with Gasteiger partial charge in [-0.15, -0.1) is 24.8 Å². The number of anilines is 1. The van der Waals surface area contributed by atoms with Crippen LogP contribution in [0.1, 0.15) is 11.1 Å². The van der Waals surface area contributed by atoms with Crippen LogP contribution >= 0.6 is 36.4 Å². The summed E-state index contributed by atoms with van der Waals surface area (Å²) in [4.78, 5) is 5.13. The number of nitrogens with zero attached hydrogens (tertiary/aromatic N) is 2. The van der Waals surface area contributed by atoms with E-state index in [0.29, 0.717) is 6.04 Å². The average Bonchev–Trinajstić information content (AvgIpc) is 2.71. The third-order valence-corrected chi connectivity index (χ3v) is 5.54. The highest BCUT2D eigenvalue weighted by Crippen LogP contribution is 2.25. The van der Waals surface area contributed by atoms with Gasteiger partial charge in [0.05, 0.1) is 0 Å². The first-order valence-corrected chi connectivity index (χ1v) is 9.98. The summed E-state index contributed by atoms with van der Waals surface area (Å²) >= 11 is 6.10. The van der Waals surface area contributed by atoms with Crippen LogP contribution in [0.5, 0.6) is 0 Å². The van der Waals surface area contributed by atoms with E-state index in [1.165, 1.54) is 16.8 Å². The van der Waals surface area contributed by atoms with Crippen molar-refractivity contribution in [2.24, 2.45) is 0 Å². The van der Waals surface area contributed by atoms with E-state index in [1.54, 1.807) is 0 Å². The Balaban J connectivity index is 0.00000150. The zero-order chi connectivity index (χ0) is 18.5. The predicted molar refractivity (Wildman–Crippen MR) is 129 cm³/mol. The van der Waals surface area contributed by atoms with Gasteiger partial charge in [0, 0.05) is 42.9 Å². The lowest BCUT2D eigenvalue weighted by molar-refractivity contribution is 0.214. The van der Waals surface area contributed by atoms with Crippen molar-refractivity contribution in [1.82, 2.24) is 4.90 Å². The highest BCUT2D eigenvalue weighted by molar-refractivity contribution is 6.30. The summed E-state index contributed by atoms with van der Waals surface area (Å²) in [6, 6.07) is 30.3. The van der Waals surface area contributed by atoms with Gasteiger partial charge < -0.3 is 4.90 Å². The molecule has 0 radical (unpaired) electrons. The van der Waals surface area contributed by atoms with Crippen molar-refractivity contribution in [3.8, 4) is 0 Å². The molecule has 1 aliphatic rings. The van der Waals surface area contributed by atoms with Gasteiger partial charge in [-0.25, -0.2) is 0 Å². The van der Waals surface area contributed by atoms with Gasteiger partial charge in [-0.3, -0.25) is 4.90 Å². The molecule has 3 aromatic carbocycles. The highest BCUT2D eigenvalue weighted by Gasteiger charge is 2.27. The number of benzene rings is 3. The molecule has 0 spiro atoms. The number of hydrogen-bond donors (Lipinski definition) is 0. The minimum Gasteiger partial charge on any atom is -0.366 e. The van der Waals surface area contributed by atoms with E-state index < -0.39 is 0 Å². The summed E-state index contributed by atoms with van der Waals surface area (Å²) in [5.41, 5.74) is 4.04. The Morgan fingerprint density at radius 2 is 1.31 bits per heavy atom. The first-order valence-electron chi connectivity index (χ1n) is 9.60. The fourth-order valence-corrected chi connectivity index (χ4v) is 4.06. The van der Waals surface area contributed by atoms with E-state index in [2.05, 4.69) is 82.6 Å². The molecule has 29 heavy (non-hydrogen) atoms. The van der Waals surface area contributed by atoms with Gasteiger partial charge in [-0.05, 0) is 41.8 Å². The van der Waals surface area contributed by atoms with Crippen molar-refractivity contribution >= 4 is 42.1 Å². The second-order valence-corrected chi connectivity index (χ2v) is 7.67. The summed E-state index contributed by atoms with van der Waals surface area (Å²) in [6.07, 6.45) is 1.05. The zero-order valence-corrected chi connectivity index (χ0v) is 18.7. The predicted octanol–water partition coefficient (Wildman–Crippen LogP) is 6.12. The Bertz CT molecular complexity index is 841. The maximum Gasteiger partial charge on any atom is 0.0458 e. The quantitative estimate of drug-likeness (QED) is 0.463. The first kappa shape index (κ1) is 23.6. The second kappa shape index (κ2) is 11.5. The van der Waals surface area contributed by atoms with Crippen LogP contribution in [-0.2, 0) is 13.0 Å². The van der Waals surface area contributed by atoms with E-state index in [1.807, 2.05) is 12.1 Å². The van der Waals surface area contributed by atoms with Crippen LogP contribution in [-0.4, -0.2) is 30.6 Å². The lowest BCUT2D eigenvalue weighted by Gasteiger charge is -2.43. The van der Waals surface area contributed by atoms with Gasteiger partial charge in [-0.1, -0.05) is 72.3 Å². The van der Waals surface area contributed by atoms with E-state index in [9.17, 15) is 0 Å². The Morgan fingerprint density at radius 1 is 0.724 bits per heavy atom. The molecule has 0 amide bonds. The maximum absolute atomic E-state index is 6.10. The molecule has 1 heterocycles. The van der Waals surface area contributed by atoms with Crippen molar-refractivity contribution in [1.29, 1.82) is 0 Å². The minimum atomic E-state index is 0. The molecule has 154 valence electrons. The molecular weight excluding hydrogens is 423 g/mol. The van der Waals surface area contributed by atoms with Crippen LogP contribution in [0.3, 0.4) is 0 Å². The largest absolute Gasteiger partial charge is 0.366 e. The van der Waals surface area contributed by atoms with Crippen molar-refractivity contribution in [3.63, 3.8) is 0 Å². The van der Waals surface area contributed by atoms with Gasteiger partial charge in [0.25, 0.3) is 0 Å². The van der Waals surface area contributed by atoms with Crippen LogP contribution in [0.25, 0.3) is 0 Å². The zero-order valence-electron chi connectivity index (χ0n) is 16.3. The summed E-state index contributed by atoms with van der Waals surface area (Å²) in [5.74, 6) is 0. The van der Waals surface area contributed by atoms with Gasteiger partial charge in [-0.2, -0.15) is 0 Å². The Morgan fingerprint density at radius 3 is 1.93 bits per heavy atom. The second-order valence-electron chi connectivity index (χ2n) is 7.23. The first-order chi connectivity index (χ1) is 13.3. The van der Waals surface area contributed by atoms with Gasteiger partial charge >= 0.3 is 0 Å². The standard InChI is InChI=1S/C24H25ClN2.2ClH/c25-22-11-13-23(14-12-22)27-16-15-26(18-21-9-5-2-6-10-21)19-24(27)17-20-7-3-1-4-8-20;;/h1-14,24H,15-19H2;2*1H. The number of halogens is 3. The average molecular weight is 450 g/mol. The smallest absolute Gasteiger partial charge is 0.0458 e. The van der Waals surface area contributed by atoms with E-state index in [0.717, 1.165) is 37.6 Å². The van der Waals surface area contributed by atoms with Crippen LogP contribution in [0.15, 0.2) is 84.9 Å². The molecule has 0 N–H and O–H groups in total. The third kappa shape index (κ3) is 6.38. The molecule has 1 aliphatic heterocycles. The maximum atomic E-state index is 6.10. The summed E-state index contributed by atoms with van der Waals surface area (Å²) in [6.45, 7) is 4.18. The molecule has 0 bridgehead atoms. The molecule has 4 rings (SSSR count). The van der Waals surface area contributed by atoms with E-state index in [-0.39, 0.29) is 24.8 Å². The van der Waals surface area contributed by atoms with Crippen molar-refractivity contribution in [3.05, 3.63) is 101 Å². The summed E-state index contributed by atoms with van der Waals surface area (Å²) < 4.78 is 0. The van der Waals surface area contributed by atoms with Crippen LogP contribution in [0.2, 0.25) is 5.02 Å². The fourth-order valence-electron chi connectivity index (χ4n) is 3.94. The van der Waals surface area contributed by atoms with Crippen LogP contribution < -0.4 is 4.90 Å². The van der Waals surface area contributed by atoms with E-state index in [4.69, 9.17) is 11.6 Å². The molecule has 3 aromatic rings. The molecule has 1 fully saturated rings. The Kier molecular flexibility index (Phi) is 9.32. The molecule has 1 atom stereocenters. The highest BCUT2D eigenvalue weighted by atomic mass is 35.5. The lowest BCUT2D eigenvalue weighted by Crippen LogP contribution is -2.53. The summed E-state index contributed by atoms with van der Waals surface area (Å²) in [7, 11) is 0. The summed E-state index contributed by atoms with van der Waals surface area (Å²) in [5, 5.41) is 0.793. The molecule has 0 aromatic heterocycles. The molecule has 0 aliphatic carbocycles. The molecule has 0 saturated carbocycles. The van der Waals surface area contributed by atoms with Crippen LogP contribution in [0, 0.1) is 0 Å². The molecule has 1 saturated heterocycles. The van der Waals surface area contributed by atoms with Crippen LogP contribution in [0.4, 0.5) is 5.69 Å². The molecule has 5 heteroatoms. The monoisotopic (exact) mass is 448 g/mol. The lowest BCUT2D eigenvalue weighted by atomic mass is 10.0. The topological polar surface area (TPSA) is 6.48 Å².